The van der Waals surface area contributed by atoms with Crippen molar-refractivity contribution < 1.29 is 17.6 Å². The summed E-state index contributed by atoms with van der Waals surface area (Å²) in [4.78, 5) is 19.0. The SMILES string of the molecule is Cn1ccc2cc(-c3ncc(C(F)(F)F)c(N)n3)c(F)cc2c1=O. The topological polar surface area (TPSA) is 73.8 Å². The summed E-state index contributed by atoms with van der Waals surface area (Å²) in [6.07, 6.45) is -2.70. The summed E-state index contributed by atoms with van der Waals surface area (Å²) in [6.45, 7) is 0. The third kappa shape index (κ3) is 2.57. The van der Waals surface area contributed by atoms with Gasteiger partial charge in [-0.2, -0.15) is 13.2 Å². The Bertz CT molecular complexity index is 1010. The van der Waals surface area contributed by atoms with Crippen LogP contribution in [0.2, 0.25) is 0 Å². The molecular formula is C15H10F4N4O. The van der Waals surface area contributed by atoms with Gasteiger partial charge in [-0.25, -0.2) is 14.4 Å². The molecule has 0 aliphatic carbocycles. The first kappa shape index (κ1) is 15.9. The number of rotatable bonds is 1. The van der Waals surface area contributed by atoms with Crippen LogP contribution in [0, 0.1) is 5.82 Å². The lowest BCUT2D eigenvalue weighted by molar-refractivity contribution is -0.137. The fraction of sp³-hybridized carbons (Fsp3) is 0.133. The fourth-order valence-electron chi connectivity index (χ4n) is 2.28. The molecule has 0 fully saturated rings. The van der Waals surface area contributed by atoms with Gasteiger partial charge in [0.05, 0.1) is 10.9 Å². The van der Waals surface area contributed by atoms with E-state index in [9.17, 15) is 22.4 Å². The summed E-state index contributed by atoms with van der Waals surface area (Å²) < 4.78 is 53.6. The minimum atomic E-state index is -4.70. The lowest BCUT2D eigenvalue weighted by Gasteiger charge is -2.10. The number of nitrogens with zero attached hydrogens (tertiary/aromatic N) is 3. The van der Waals surface area contributed by atoms with Gasteiger partial charge in [0.25, 0.3) is 5.56 Å². The van der Waals surface area contributed by atoms with E-state index in [4.69, 9.17) is 5.73 Å². The molecule has 0 amide bonds. The Morgan fingerprint density at radius 1 is 1.25 bits per heavy atom. The number of aromatic nitrogens is 3. The highest BCUT2D eigenvalue weighted by molar-refractivity contribution is 5.86. The number of nitrogen functional groups attached to an aromatic ring is 1. The first-order chi connectivity index (χ1) is 11.2. The van der Waals surface area contributed by atoms with Gasteiger partial charge in [0, 0.05) is 19.4 Å². The first-order valence-electron chi connectivity index (χ1n) is 6.67. The number of hydrogen-bond donors (Lipinski definition) is 1. The zero-order valence-electron chi connectivity index (χ0n) is 12.2. The average Bonchev–Trinajstić information content (AvgIpc) is 2.50. The Morgan fingerprint density at radius 3 is 2.58 bits per heavy atom. The summed E-state index contributed by atoms with van der Waals surface area (Å²) in [6, 6.07) is 3.88. The smallest absolute Gasteiger partial charge is 0.383 e. The van der Waals surface area contributed by atoms with E-state index < -0.39 is 28.9 Å². The maximum atomic E-state index is 14.3. The average molecular weight is 338 g/mol. The summed E-state index contributed by atoms with van der Waals surface area (Å²) in [5.74, 6) is -1.92. The van der Waals surface area contributed by atoms with Crippen molar-refractivity contribution in [3.8, 4) is 11.4 Å². The molecule has 3 aromatic rings. The normalized spacial score (nSPS) is 11.9. The van der Waals surface area contributed by atoms with Crippen LogP contribution in [0.1, 0.15) is 5.56 Å². The number of fused-ring (bicyclic) bond motifs is 1. The number of hydrogen-bond acceptors (Lipinski definition) is 4. The maximum absolute atomic E-state index is 14.3. The van der Waals surface area contributed by atoms with Gasteiger partial charge in [-0.15, -0.1) is 0 Å². The van der Waals surface area contributed by atoms with Gasteiger partial charge in [0.1, 0.15) is 17.2 Å². The Labute approximate surface area is 132 Å². The summed E-state index contributed by atoms with van der Waals surface area (Å²) in [7, 11) is 1.52. The highest BCUT2D eigenvalue weighted by atomic mass is 19.4. The van der Waals surface area contributed by atoms with E-state index in [1.807, 2.05) is 0 Å². The molecule has 124 valence electrons. The van der Waals surface area contributed by atoms with Gasteiger partial charge >= 0.3 is 6.18 Å². The molecule has 0 bridgehead atoms. The van der Waals surface area contributed by atoms with Gasteiger partial charge in [0.2, 0.25) is 0 Å². The molecule has 0 atom stereocenters. The standard InChI is InChI=1S/C15H10F4N4O/c1-23-3-2-7-4-9(11(16)5-8(7)14(23)24)13-21-6-10(12(20)22-13)15(17,18)19/h2-6H,1H3,(H2,20,21,22). The first-order valence-corrected chi connectivity index (χ1v) is 6.67. The van der Waals surface area contributed by atoms with Gasteiger partial charge in [0.15, 0.2) is 5.82 Å². The van der Waals surface area contributed by atoms with Gasteiger partial charge in [-0.1, -0.05) is 0 Å². The number of anilines is 1. The third-order valence-electron chi connectivity index (χ3n) is 3.53. The van der Waals surface area contributed by atoms with Crippen molar-refractivity contribution in [1.82, 2.24) is 14.5 Å². The lowest BCUT2D eigenvalue weighted by atomic mass is 10.1. The van der Waals surface area contributed by atoms with E-state index in [0.29, 0.717) is 11.6 Å². The van der Waals surface area contributed by atoms with Crippen LogP contribution >= 0.6 is 0 Å². The molecule has 2 N–H and O–H groups in total. The molecule has 0 aliphatic rings. The maximum Gasteiger partial charge on any atom is 0.421 e. The molecule has 3 rings (SSSR count). The van der Waals surface area contributed by atoms with Crippen molar-refractivity contribution in [2.45, 2.75) is 6.18 Å². The van der Waals surface area contributed by atoms with Crippen molar-refractivity contribution in [1.29, 1.82) is 0 Å². The number of halogens is 4. The third-order valence-corrected chi connectivity index (χ3v) is 3.53. The van der Waals surface area contributed by atoms with Gasteiger partial charge in [-0.05, 0) is 23.6 Å². The number of benzene rings is 1. The van der Waals surface area contributed by atoms with Crippen LogP contribution in [-0.2, 0) is 13.2 Å². The molecule has 0 unspecified atom stereocenters. The zero-order valence-corrected chi connectivity index (χ0v) is 12.2. The highest BCUT2D eigenvalue weighted by Crippen LogP contribution is 2.33. The van der Waals surface area contributed by atoms with E-state index in [-0.39, 0.29) is 16.8 Å². The second kappa shape index (κ2) is 5.29. The number of nitrogens with two attached hydrogens (primary N) is 1. The van der Waals surface area contributed by atoms with E-state index in [2.05, 4.69) is 9.97 Å². The lowest BCUT2D eigenvalue weighted by Crippen LogP contribution is -2.16. The molecule has 9 heteroatoms. The van der Waals surface area contributed by atoms with Crippen LogP contribution < -0.4 is 11.3 Å². The van der Waals surface area contributed by atoms with E-state index in [1.54, 1.807) is 6.07 Å². The van der Waals surface area contributed by atoms with Crippen molar-refractivity contribution in [2.24, 2.45) is 7.05 Å². The molecule has 5 nitrogen and oxygen atoms in total. The quantitative estimate of drug-likeness (QED) is 0.693. The number of pyridine rings is 1. The molecular weight excluding hydrogens is 328 g/mol. The predicted molar refractivity (Wildman–Crippen MR) is 79.6 cm³/mol. The van der Waals surface area contributed by atoms with Crippen LogP contribution in [0.25, 0.3) is 22.2 Å². The van der Waals surface area contributed by atoms with E-state index >= 15 is 0 Å². The highest BCUT2D eigenvalue weighted by Gasteiger charge is 2.34. The second-order valence-corrected chi connectivity index (χ2v) is 5.14. The molecule has 2 heterocycles. The number of aryl methyl sites for hydroxylation is 1. The van der Waals surface area contributed by atoms with Gasteiger partial charge in [-0.3, -0.25) is 4.79 Å². The van der Waals surface area contributed by atoms with E-state index in [1.165, 1.54) is 23.9 Å². The molecule has 1 aromatic carbocycles. The predicted octanol–water partition coefficient (Wildman–Crippen LogP) is 2.74. The molecule has 0 saturated carbocycles. The zero-order chi connectivity index (χ0) is 17.6. The summed E-state index contributed by atoms with van der Waals surface area (Å²) in [5.41, 5.74) is 3.57. The Morgan fingerprint density at radius 2 is 1.96 bits per heavy atom. The van der Waals surface area contributed by atoms with Gasteiger partial charge < -0.3 is 10.3 Å². The molecule has 2 aromatic heterocycles. The molecule has 0 radical (unpaired) electrons. The Balaban J connectivity index is 2.20. The fourth-order valence-corrected chi connectivity index (χ4v) is 2.28. The van der Waals surface area contributed by atoms with Crippen LogP contribution in [0.15, 0.2) is 35.4 Å². The van der Waals surface area contributed by atoms with Crippen molar-refractivity contribution in [2.75, 3.05) is 5.73 Å². The van der Waals surface area contributed by atoms with Crippen LogP contribution in [0.4, 0.5) is 23.4 Å². The molecule has 0 spiro atoms. The summed E-state index contributed by atoms with van der Waals surface area (Å²) >= 11 is 0. The molecule has 0 saturated heterocycles. The monoisotopic (exact) mass is 338 g/mol. The minimum Gasteiger partial charge on any atom is -0.383 e. The van der Waals surface area contributed by atoms with Crippen molar-refractivity contribution in [3.05, 3.63) is 52.3 Å². The largest absolute Gasteiger partial charge is 0.421 e. The minimum absolute atomic E-state index is 0.140. The van der Waals surface area contributed by atoms with Crippen molar-refractivity contribution >= 4 is 16.6 Å². The molecule has 24 heavy (non-hydrogen) atoms. The van der Waals surface area contributed by atoms with Crippen LogP contribution in [0.5, 0.6) is 0 Å². The van der Waals surface area contributed by atoms with Crippen LogP contribution in [0.3, 0.4) is 0 Å². The molecule has 0 aliphatic heterocycles. The Kier molecular flexibility index (Phi) is 3.51. The van der Waals surface area contributed by atoms with Crippen molar-refractivity contribution in [3.63, 3.8) is 0 Å². The second-order valence-electron chi connectivity index (χ2n) is 5.14. The summed E-state index contributed by atoms with van der Waals surface area (Å²) in [5, 5.41) is 0.553. The van der Waals surface area contributed by atoms with Crippen LogP contribution in [-0.4, -0.2) is 14.5 Å². The Hall–Kier alpha value is -2.97. The number of alkyl halides is 3. The van der Waals surface area contributed by atoms with E-state index in [0.717, 1.165) is 6.07 Å².